The maximum Gasteiger partial charge on any atom is 0.0240 e. The Kier molecular flexibility index (Phi) is 9.41. The van der Waals surface area contributed by atoms with E-state index in [4.69, 9.17) is 0 Å². The molecule has 0 saturated carbocycles. The molecule has 0 spiro atoms. The Morgan fingerprint density at radius 3 is 2.36 bits per heavy atom. The Morgan fingerprint density at radius 2 is 1.86 bits per heavy atom. The van der Waals surface area contributed by atoms with Crippen molar-refractivity contribution in [1.29, 1.82) is 0 Å². The van der Waals surface area contributed by atoms with Gasteiger partial charge in [0.2, 0.25) is 0 Å². The maximum atomic E-state index is 2.52. The third-order valence-corrected chi connectivity index (χ3v) is 4.32. The normalized spacial score (nSPS) is 11.5. The Balaban J connectivity index is 3.24. The van der Waals surface area contributed by atoms with Crippen molar-refractivity contribution < 1.29 is 0 Å². The van der Waals surface area contributed by atoms with Crippen molar-refractivity contribution in [2.45, 2.75) is 46.2 Å². The van der Waals surface area contributed by atoms with Gasteiger partial charge in [-0.05, 0) is 45.9 Å². The Labute approximate surface area is 92.4 Å². The van der Waals surface area contributed by atoms with Crippen molar-refractivity contribution in [1.82, 2.24) is 4.90 Å². The minimum atomic E-state index is 0.207. The predicted octanol–water partition coefficient (Wildman–Crippen LogP) is 2.69. The van der Waals surface area contributed by atoms with Crippen LogP contribution in [0.25, 0.3) is 0 Å². The van der Waals surface area contributed by atoms with Crippen LogP contribution >= 0.6 is 0 Å². The molecular weight excluding hydrogens is 186 g/mol. The molecule has 84 valence electrons. The van der Waals surface area contributed by atoms with E-state index in [1.807, 2.05) is 0 Å². The molecule has 0 aromatic heterocycles. The second-order valence-electron chi connectivity index (χ2n) is 4.16. The molecule has 0 rings (SSSR count). The highest BCUT2D eigenvalue weighted by Crippen LogP contribution is 1.99. The fourth-order valence-electron chi connectivity index (χ4n) is 1.59. The number of hydrogen-bond donors (Lipinski definition) is 0. The summed E-state index contributed by atoms with van der Waals surface area (Å²) >= 11 is 0. The number of rotatable bonds is 8. The summed E-state index contributed by atoms with van der Waals surface area (Å²) in [5, 5.41) is 0. The quantitative estimate of drug-likeness (QED) is 0.340. The second kappa shape index (κ2) is 9.47. The first-order chi connectivity index (χ1) is 6.70. The van der Waals surface area contributed by atoms with Crippen LogP contribution in [0.1, 0.15) is 34.1 Å². The van der Waals surface area contributed by atoms with Crippen LogP contribution in [0.3, 0.4) is 0 Å². The largest absolute Gasteiger partial charge is 0.304 e. The third-order valence-electron chi connectivity index (χ3n) is 2.63. The first kappa shape index (κ1) is 13.9. The molecule has 0 aromatic rings. The summed E-state index contributed by atoms with van der Waals surface area (Å²) in [7, 11) is 0.207. The molecule has 0 atom stereocenters. The van der Waals surface area contributed by atoms with Crippen molar-refractivity contribution in [2.75, 3.05) is 19.6 Å². The van der Waals surface area contributed by atoms with Gasteiger partial charge in [0.1, 0.15) is 0 Å². The van der Waals surface area contributed by atoms with Crippen molar-refractivity contribution >= 4 is 9.52 Å². The monoisotopic (exact) mass is 213 g/mol. The highest BCUT2D eigenvalue weighted by Gasteiger charge is 1.97. The molecule has 0 aliphatic rings. The maximum absolute atomic E-state index is 2.52. The number of allylic oxidation sites excluding steroid dienone is 2. The lowest BCUT2D eigenvalue weighted by Crippen LogP contribution is -2.24. The van der Waals surface area contributed by atoms with E-state index in [0.29, 0.717) is 0 Å². The van der Waals surface area contributed by atoms with E-state index in [1.165, 1.54) is 43.7 Å². The molecule has 0 unspecified atom stereocenters. The van der Waals surface area contributed by atoms with Crippen LogP contribution in [-0.2, 0) is 0 Å². The molecule has 0 heterocycles. The molecule has 0 fully saturated rings. The molecule has 0 saturated heterocycles. The first-order valence-electron chi connectivity index (χ1n) is 6.06. The smallest absolute Gasteiger partial charge is 0.0240 e. The lowest BCUT2D eigenvalue weighted by molar-refractivity contribution is 0.304. The summed E-state index contributed by atoms with van der Waals surface area (Å²) in [5.74, 6) is 0. The standard InChI is InChI=1S/C12H27NSi/c1-5-13(6-2)9-7-10-14-11-8-12(3)4/h8H,5-7,9-11,14H2,1-4H3. The van der Waals surface area contributed by atoms with Gasteiger partial charge in [-0.25, -0.2) is 0 Å². The van der Waals surface area contributed by atoms with E-state index in [1.54, 1.807) is 0 Å². The Hall–Kier alpha value is -0.0831. The molecule has 0 aliphatic heterocycles. The zero-order chi connectivity index (χ0) is 10.8. The van der Waals surface area contributed by atoms with Crippen LogP contribution in [-0.4, -0.2) is 34.1 Å². The van der Waals surface area contributed by atoms with Crippen LogP contribution in [0.2, 0.25) is 12.1 Å². The summed E-state index contributed by atoms with van der Waals surface area (Å²) in [6, 6.07) is 2.92. The summed E-state index contributed by atoms with van der Waals surface area (Å²) in [5.41, 5.74) is 1.49. The molecule has 0 N–H and O–H groups in total. The SMILES string of the molecule is CCN(CC)CCC[SiH2]CC=C(C)C. The molecule has 1 nitrogen and oxygen atoms in total. The summed E-state index contributed by atoms with van der Waals surface area (Å²) in [6.45, 7) is 12.6. The van der Waals surface area contributed by atoms with E-state index >= 15 is 0 Å². The van der Waals surface area contributed by atoms with Gasteiger partial charge in [0.05, 0.1) is 0 Å². The lowest BCUT2D eigenvalue weighted by atomic mass is 10.3. The number of hydrogen-bond acceptors (Lipinski definition) is 1. The topological polar surface area (TPSA) is 3.24 Å². The molecular formula is C12H27NSi. The average molecular weight is 213 g/mol. The molecule has 0 bridgehead atoms. The zero-order valence-corrected chi connectivity index (χ0v) is 11.9. The van der Waals surface area contributed by atoms with E-state index < -0.39 is 0 Å². The van der Waals surface area contributed by atoms with Gasteiger partial charge in [0.15, 0.2) is 0 Å². The molecule has 2 heteroatoms. The summed E-state index contributed by atoms with van der Waals surface area (Å²) in [6.07, 6.45) is 3.83. The van der Waals surface area contributed by atoms with Gasteiger partial charge in [-0.15, -0.1) is 0 Å². The van der Waals surface area contributed by atoms with E-state index in [0.717, 1.165) is 0 Å². The van der Waals surface area contributed by atoms with Gasteiger partial charge in [-0.2, -0.15) is 0 Å². The fourth-order valence-corrected chi connectivity index (χ4v) is 3.23. The predicted molar refractivity (Wildman–Crippen MR) is 70.0 cm³/mol. The number of nitrogens with zero attached hydrogens (tertiary/aromatic N) is 1. The van der Waals surface area contributed by atoms with Gasteiger partial charge in [-0.3, -0.25) is 0 Å². The van der Waals surface area contributed by atoms with Crippen LogP contribution < -0.4 is 0 Å². The van der Waals surface area contributed by atoms with E-state index in [2.05, 4.69) is 38.7 Å². The molecule has 0 aromatic carbocycles. The average Bonchev–Trinajstić information content (AvgIpc) is 2.16. The zero-order valence-electron chi connectivity index (χ0n) is 10.5. The van der Waals surface area contributed by atoms with Crippen molar-refractivity contribution in [2.24, 2.45) is 0 Å². The van der Waals surface area contributed by atoms with Gasteiger partial charge < -0.3 is 4.90 Å². The van der Waals surface area contributed by atoms with Crippen LogP contribution in [0.15, 0.2) is 11.6 Å². The first-order valence-corrected chi connectivity index (χ1v) is 8.06. The van der Waals surface area contributed by atoms with Crippen LogP contribution in [0.5, 0.6) is 0 Å². The summed E-state index contributed by atoms with van der Waals surface area (Å²) in [4.78, 5) is 2.52. The van der Waals surface area contributed by atoms with Gasteiger partial charge in [0.25, 0.3) is 0 Å². The van der Waals surface area contributed by atoms with Crippen LogP contribution in [0.4, 0.5) is 0 Å². The molecule has 0 amide bonds. The minimum absolute atomic E-state index is 0.207. The van der Waals surface area contributed by atoms with Gasteiger partial charge in [-0.1, -0.05) is 31.5 Å². The van der Waals surface area contributed by atoms with Crippen molar-refractivity contribution in [3.8, 4) is 0 Å². The molecule has 14 heavy (non-hydrogen) atoms. The minimum Gasteiger partial charge on any atom is -0.304 e. The molecule has 0 radical (unpaired) electrons. The fraction of sp³-hybridized carbons (Fsp3) is 0.833. The Bertz CT molecular complexity index is 146. The highest BCUT2D eigenvalue weighted by atomic mass is 28.2. The molecule has 0 aliphatic carbocycles. The van der Waals surface area contributed by atoms with Crippen molar-refractivity contribution in [3.05, 3.63) is 11.6 Å². The van der Waals surface area contributed by atoms with Gasteiger partial charge in [0, 0.05) is 9.52 Å². The third kappa shape index (κ3) is 8.51. The van der Waals surface area contributed by atoms with Gasteiger partial charge >= 0.3 is 0 Å². The van der Waals surface area contributed by atoms with Crippen LogP contribution in [0, 0.1) is 0 Å². The van der Waals surface area contributed by atoms with E-state index in [9.17, 15) is 0 Å². The lowest BCUT2D eigenvalue weighted by Gasteiger charge is -2.17. The van der Waals surface area contributed by atoms with E-state index in [-0.39, 0.29) is 9.52 Å². The second-order valence-corrected chi connectivity index (χ2v) is 6.15. The highest BCUT2D eigenvalue weighted by molar-refractivity contribution is 6.36. The summed E-state index contributed by atoms with van der Waals surface area (Å²) < 4.78 is 0. The van der Waals surface area contributed by atoms with Crippen molar-refractivity contribution in [3.63, 3.8) is 0 Å². The Morgan fingerprint density at radius 1 is 1.21 bits per heavy atom.